The summed E-state index contributed by atoms with van der Waals surface area (Å²) in [6, 6.07) is 4.65. The molecule has 1 fully saturated rings. The number of aromatic nitrogens is 1. The van der Waals surface area contributed by atoms with Crippen LogP contribution in [0.15, 0.2) is 12.1 Å². The molecule has 2 aliphatic rings. The molecular weight excluding hydrogens is 388 g/mol. The first-order chi connectivity index (χ1) is 15.0. The van der Waals surface area contributed by atoms with Crippen molar-refractivity contribution in [3.8, 4) is 0 Å². The largest absolute Gasteiger partial charge is 0.358 e. The number of nitrogens with zero attached hydrogens (tertiary/aromatic N) is 2. The number of nitrogens with one attached hydrogen (secondary N) is 2. The van der Waals surface area contributed by atoms with Crippen LogP contribution in [-0.2, 0) is 12.8 Å². The summed E-state index contributed by atoms with van der Waals surface area (Å²) < 4.78 is 0. The van der Waals surface area contributed by atoms with Crippen LogP contribution in [0.5, 0.6) is 0 Å². The average Bonchev–Trinajstić information content (AvgIpc) is 3.13. The van der Waals surface area contributed by atoms with Gasteiger partial charge in [0, 0.05) is 59.8 Å². The number of fused-ring (bicyclic) bond motifs is 2. The summed E-state index contributed by atoms with van der Waals surface area (Å²) in [4.78, 5) is 32.5. The van der Waals surface area contributed by atoms with Gasteiger partial charge in [0.05, 0.1) is 0 Å². The van der Waals surface area contributed by atoms with Gasteiger partial charge in [-0.05, 0) is 69.3 Å². The lowest BCUT2D eigenvalue weighted by Crippen LogP contribution is -2.58. The molecule has 2 amide bonds. The first-order valence-corrected chi connectivity index (χ1v) is 12.0. The van der Waals surface area contributed by atoms with E-state index in [9.17, 15) is 9.59 Å². The lowest BCUT2D eigenvalue weighted by atomic mass is 9.73. The highest BCUT2D eigenvalue weighted by atomic mass is 16.2. The Hall–Kier alpha value is -2.34. The molecule has 0 saturated carbocycles. The maximum absolute atomic E-state index is 12.8. The number of likely N-dealkylation sites (tertiary alicyclic amines) is 1. The van der Waals surface area contributed by atoms with Gasteiger partial charge in [-0.1, -0.05) is 13.8 Å². The molecule has 6 nitrogen and oxygen atoms in total. The van der Waals surface area contributed by atoms with Gasteiger partial charge in [-0.2, -0.15) is 0 Å². The normalized spacial score (nSPS) is 22.9. The number of aldehydes is 1. The first kappa shape index (κ1) is 21.9. The van der Waals surface area contributed by atoms with Gasteiger partial charge in [-0.25, -0.2) is 4.79 Å². The topological polar surface area (TPSA) is 68.4 Å². The zero-order valence-corrected chi connectivity index (χ0v) is 19.3. The number of carbonyl (C=O) groups excluding carboxylic acids is 2. The van der Waals surface area contributed by atoms with Crippen molar-refractivity contribution in [1.82, 2.24) is 20.1 Å². The van der Waals surface area contributed by atoms with Crippen molar-refractivity contribution in [2.24, 2.45) is 0 Å². The Kier molecular flexibility index (Phi) is 6.37. The number of aryl methyl sites for hydroxylation is 1. The van der Waals surface area contributed by atoms with Gasteiger partial charge < -0.3 is 15.2 Å². The predicted molar refractivity (Wildman–Crippen MR) is 125 cm³/mol. The summed E-state index contributed by atoms with van der Waals surface area (Å²) in [6.07, 6.45) is 4.97. The van der Waals surface area contributed by atoms with Crippen molar-refractivity contribution in [1.29, 1.82) is 0 Å². The van der Waals surface area contributed by atoms with E-state index in [-0.39, 0.29) is 12.1 Å². The SMILES string of the molecule is CCCN1C[C@@H](NC(=O)N(CC)CC)CC2c3cc(C=O)cc4[nH]c(CC)c(c34)C[C@H]21. The van der Waals surface area contributed by atoms with Crippen molar-refractivity contribution in [2.75, 3.05) is 26.2 Å². The Morgan fingerprint density at radius 2 is 2.03 bits per heavy atom. The molecule has 1 saturated heterocycles. The summed E-state index contributed by atoms with van der Waals surface area (Å²) in [5, 5.41) is 4.63. The van der Waals surface area contributed by atoms with E-state index in [2.05, 4.69) is 35.1 Å². The van der Waals surface area contributed by atoms with Crippen molar-refractivity contribution in [3.63, 3.8) is 0 Å². The monoisotopic (exact) mass is 424 g/mol. The van der Waals surface area contributed by atoms with Crippen LogP contribution < -0.4 is 5.32 Å². The second-order valence-corrected chi connectivity index (χ2v) is 9.01. The van der Waals surface area contributed by atoms with Gasteiger partial charge in [-0.15, -0.1) is 0 Å². The van der Waals surface area contributed by atoms with Crippen LogP contribution in [-0.4, -0.2) is 65.4 Å². The molecular formula is C25H36N4O2. The van der Waals surface area contributed by atoms with Crippen LogP contribution in [0.2, 0.25) is 0 Å². The van der Waals surface area contributed by atoms with E-state index in [1.165, 1.54) is 22.2 Å². The van der Waals surface area contributed by atoms with Crippen LogP contribution >= 0.6 is 0 Å². The zero-order chi connectivity index (χ0) is 22.1. The molecule has 1 aliphatic carbocycles. The Morgan fingerprint density at radius 1 is 1.26 bits per heavy atom. The van der Waals surface area contributed by atoms with Crippen molar-refractivity contribution in [2.45, 2.75) is 71.4 Å². The Bertz CT molecular complexity index is 962. The lowest BCUT2D eigenvalue weighted by Gasteiger charge is -2.47. The fourth-order valence-corrected chi connectivity index (χ4v) is 5.85. The van der Waals surface area contributed by atoms with Gasteiger partial charge in [0.15, 0.2) is 0 Å². The molecule has 6 heteroatoms. The number of rotatable bonds is 7. The molecule has 1 aromatic carbocycles. The summed E-state index contributed by atoms with van der Waals surface area (Å²) >= 11 is 0. The molecule has 2 aromatic rings. The van der Waals surface area contributed by atoms with Crippen molar-refractivity contribution < 1.29 is 9.59 Å². The minimum Gasteiger partial charge on any atom is -0.358 e. The van der Waals surface area contributed by atoms with E-state index in [4.69, 9.17) is 0 Å². The summed E-state index contributed by atoms with van der Waals surface area (Å²) in [5.74, 6) is 0.317. The number of hydrogen-bond acceptors (Lipinski definition) is 3. The molecule has 0 spiro atoms. The first-order valence-electron chi connectivity index (χ1n) is 12.0. The van der Waals surface area contributed by atoms with Gasteiger partial charge in [0.1, 0.15) is 6.29 Å². The van der Waals surface area contributed by atoms with Crippen molar-refractivity contribution in [3.05, 3.63) is 34.5 Å². The molecule has 0 bridgehead atoms. The molecule has 1 aliphatic heterocycles. The molecule has 2 N–H and O–H groups in total. The number of carbonyl (C=O) groups is 2. The molecule has 0 radical (unpaired) electrons. The lowest BCUT2D eigenvalue weighted by molar-refractivity contribution is 0.0978. The Morgan fingerprint density at radius 3 is 2.68 bits per heavy atom. The zero-order valence-electron chi connectivity index (χ0n) is 19.3. The van der Waals surface area contributed by atoms with Gasteiger partial charge in [0.25, 0.3) is 0 Å². The van der Waals surface area contributed by atoms with E-state index in [0.717, 1.165) is 56.1 Å². The molecule has 3 atom stereocenters. The number of piperidine rings is 1. The number of urea groups is 1. The van der Waals surface area contributed by atoms with Crippen LogP contribution in [0, 0.1) is 0 Å². The maximum Gasteiger partial charge on any atom is 0.317 e. The highest BCUT2D eigenvalue weighted by Crippen LogP contribution is 2.45. The second kappa shape index (κ2) is 9.03. The van der Waals surface area contributed by atoms with E-state index >= 15 is 0 Å². The van der Waals surface area contributed by atoms with E-state index in [1.54, 1.807) is 0 Å². The fourth-order valence-electron chi connectivity index (χ4n) is 5.85. The Balaban J connectivity index is 1.73. The summed E-state index contributed by atoms with van der Waals surface area (Å²) in [5.41, 5.74) is 5.82. The number of aromatic amines is 1. The van der Waals surface area contributed by atoms with E-state index in [1.807, 2.05) is 24.8 Å². The molecule has 1 unspecified atom stereocenters. The van der Waals surface area contributed by atoms with Crippen LogP contribution in [0.3, 0.4) is 0 Å². The van der Waals surface area contributed by atoms with Gasteiger partial charge in [0.2, 0.25) is 0 Å². The van der Waals surface area contributed by atoms with E-state index in [0.29, 0.717) is 25.0 Å². The van der Waals surface area contributed by atoms with E-state index < -0.39 is 0 Å². The number of H-pyrrole nitrogens is 1. The Labute approximate surface area is 185 Å². The quantitative estimate of drug-likeness (QED) is 0.658. The van der Waals surface area contributed by atoms with Crippen LogP contribution in [0.25, 0.3) is 10.9 Å². The van der Waals surface area contributed by atoms with Crippen LogP contribution in [0.1, 0.15) is 73.6 Å². The molecule has 4 rings (SSSR count). The highest BCUT2D eigenvalue weighted by Gasteiger charge is 2.42. The smallest absolute Gasteiger partial charge is 0.317 e. The number of hydrogen-bond donors (Lipinski definition) is 2. The minimum atomic E-state index is 0.0306. The molecule has 2 heterocycles. The van der Waals surface area contributed by atoms with Gasteiger partial charge in [-0.3, -0.25) is 9.69 Å². The average molecular weight is 425 g/mol. The third-order valence-corrected chi connectivity index (χ3v) is 7.26. The minimum absolute atomic E-state index is 0.0306. The standard InChI is InChI=1S/C25H36N4O2/c1-5-9-29-14-17(26-25(31)28(7-3)8-4)12-18-19-10-16(15-30)11-22-24(19)20(13-23(18)29)21(6-2)27-22/h10-11,15,17-18,23,27H,5-9,12-14H2,1-4H3,(H,26,31)/t17-,18?,23+/m0/s1. The summed E-state index contributed by atoms with van der Waals surface area (Å²) in [7, 11) is 0. The third-order valence-electron chi connectivity index (χ3n) is 7.26. The molecule has 1 aromatic heterocycles. The number of amides is 2. The second-order valence-electron chi connectivity index (χ2n) is 9.01. The van der Waals surface area contributed by atoms with Gasteiger partial charge >= 0.3 is 6.03 Å². The number of benzene rings is 1. The highest BCUT2D eigenvalue weighted by molar-refractivity contribution is 5.94. The van der Waals surface area contributed by atoms with Crippen molar-refractivity contribution >= 4 is 23.2 Å². The third kappa shape index (κ3) is 3.86. The fraction of sp³-hybridized carbons (Fsp3) is 0.600. The van der Waals surface area contributed by atoms with Crippen LogP contribution in [0.4, 0.5) is 4.79 Å². The molecule has 168 valence electrons. The summed E-state index contributed by atoms with van der Waals surface area (Å²) in [6.45, 7) is 11.8. The maximum atomic E-state index is 12.8. The predicted octanol–water partition coefficient (Wildman–Crippen LogP) is 4.09. The molecule has 31 heavy (non-hydrogen) atoms.